The fourth-order valence-corrected chi connectivity index (χ4v) is 4.82. The van der Waals surface area contributed by atoms with Gasteiger partial charge in [-0.1, -0.05) is 73.0 Å². The Labute approximate surface area is 197 Å². The molecule has 1 saturated carbocycles. The maximum atomic E-state index is 12.4. The Hall–Kier alpha value is -2.64. The molecule has 0 unspecified atom stereocenters. The Balaban J connectivity index is 1.48. The summed E-state index contributed by atoms with van der Waals surface area (Å²) in [6, 6.07) is 17.8. The second-order valence-corrected chi connectivity index (χ2v) is 9.24. The molecule has 6 nitrogen and oxygen atoms in total. The molecule has 0 aliphatic heterocycles. The molecule has 0 saturated heterocycles. The summed E-state index contributed by atoms with van der Waals surface area (Å²) in [6.45, 7) is 1.88. The maximum Gasteiger partial charge on any atom is 0.250 e. The molecule has 1 N–H and O–H groups in total. The summed E-state index contributed by atoms with van der Waals surface area (Å²) in [5.74, 6) is 0.878. The second-order valence-electron chi connectivity index (χ2n) is 7.86. The molecule has 1 aromatic heterocycles. The Kier molecular flexibility index (Phi) is 7.60. The van der Waals surface area contributed by atoms with Crippen molar-refractivity contribution >= 4 is 35.0 Å². The number of nitrogens with zero attached hydrogens (tertiary/aromatic N) is 4. The van der Waals surface area contributed by atoms with Crippen molar-refractivity contribution in [2.45, 2.75) is 50.2 Å². The molecule has 2 aromatic carbocycles. The predicted molar refractivity (Wildman–Crippen MR) is 130 cm³/mol. The lowest BCUT2D eigenvalue weighted by molar-refractivity contribution is -0.118. The quantitative estimate of drug-likeness (QED) is 0.273. The first-order chi connectivity index (χ1) is 15.6. The van der Waals surface area contributed by atoms with Gasteiger partial charge in [0.25, 0.3) is 5.91 Å². The maximum absolute atomic E-state index is 12.4. The first-order valence-electron chi connectivity index (χ1n) is 10.8. The van der Waals surface area contributed by atoms with Crippen molar-refractivity contribution in [1.29, 1.82) is 0 Å². The third-order valence-corrected chi connectivity index (χ3v) is 6.77. The Morgan fingerprint density at radius 1 is 1.09 bits per heavy atom. The number of hydrogen-bond acceptors (Lipinski definition) is 5. The highest BCUT2D eigenvalue weighted by molar-refractivity contribution is 7.99. The van der Waals surface area contributed by atoms with Crippen LogP contribution in [0.4, 0.5) is 0 Å². The number of aromatic nitrogens is 3. The SMILES string of the molecule is CC(=NNC(=O)CSc1nnc(-c2ccc(Cl)cc2)n1C1CCCCC1)c1ccccc1. The molecule has 4 rings (SSSR count). The van der Waals surface area contributed by atoms with Gasteiger partial charge in [-0.3, -0.25) is 9.36 Å². The van der Waals surface area contributed by atoms with Crippen LogP contribution >= 0.6 is 23.4 Å². The van der Waals surface area contributed by atoms with Crippen LogP contribution in [0.1, 0.15) is 50.6 Å². The monoisotopic (exact) mass is 467 g/mol. The molecule has 32 heavy (non-hydrogen) atoms. The minimum Gasteiger partial charge on any atom is -0.299 e. The van der Waals surface area contributed by atoms with E-state index in [1.165, 1.54) is 31.0 Å². The highest BCUT2D eigenvalue weighted by Gasteiger charge is 2.24. The Morgan fingerprint density at radius 3 is 2.53 bits per heavy atom. The Bertz CT molecular complexity index is 1080. The lowest BCUT2D eigenvalue weighted by atomic mass is 9.95. The molecule has 3 aromatic rings. The van der Waals surface area contributed by atoms with E-state index in [9.17, 15) is 4.79 Å². The fraction of sp³-hybridized carbons (Fsp3) is 0.333. The normalized spacial score (nSPS) is 15.0. The van der Waals surface area contributed by atoms with Crippen LogP contribution < -0.4 is 5.43 Å². The molecule has 1 fully saturated rings. The Morgan fingerprint density at radius 2 is 1.81 bits per heavy atom. The van der Waals surface area contributed by atoms with Gasteiger partial charge in [-0.15, -0.1) is 10.2 Å². The van der Waals surface area contributed by atoms with Crippen molar-refractivity contribution in [3.8, 4) is 11.4 Å². The smallest absolute Gasteiger partial charge is 0.250 e. The van der Waals surface area contributed by atoms with Crippen LogP contribution in [-0.2, 0) is 4.79 Å². The number of carbonyl (C=O) groups excluding carboxylic acids is 1. The number of amides is 1. The van der Waals surface area contributed by atoms with E-state index in [0.717, 1.165) is 40.7 Å². The molecule has 1 aliphatic carbocycles. The standard InChI is InChI=1S/C24H26ClN5OS/c1-17(18-8-4-2-5-9-18)26-27-22(31)16-32-24-29-28-23(19-12-14-20(25)15-13-19)30(24)21-10-6-3-7-11-21/h2,4-5,8-9,12-15,21H,3,6-7,10-11,16H2,1H3,(H,27,31). The zero-order valence-electron chi connectivity index (χ0n) is 18.0. The van der Waals surface area contributed by atoms with Gasteiger partial charge in [-0.25, -0.2) is 5.43 Å². The van der Waals surface area contributed by atoms with Gasteiger partial charge < -0.3 is 0 Å². The lowest BCUT2D eigenvalue weighted by Gasteiger charge is -2.25. The van der Waals surface area contributed by atoms with Gasteiger partial charge in [0.15, 0.2) is 11.0 Å². The molecule has 0 atom stereocenters. The van der Waals surface area contributed by atoms with Gasteiger partial charge in [0.05, 0.1) is 11.5 Å². The van der Waals surface area contributed by atoms with E-state index >= 15 is 0 Å². The molecular weight excluding hydrogens is 442 g/mol. The summed E-state index contributed by atoms with van der Waals surface area (Å²) < 4.78 is 2.21. The van der Waals surface area contributed by atoms with Crippen LogP contribution in [-0.4, -0.2) is 32.1 Å². The van der Waals surface area contributed by atoms with E-state index in [-0.39, 0.29) is 11.7 Å². The highest BCUT2D eigenvalue weighted by atomic mass is 35.5. The number of hydrogen-bond donors (Lipinski definition) is 1. The van der Waals surface area contributed by atoms with E-state index < -0.39 is 0 Å². The number of hydrazone groups is 1. The van der Waals surface area contributed by atoms with Crippen LogP contribution in [0.15, 0.2) is 64.9 Å². The zero-order valence-corrected chi connectivity index (χ0v) is 19.6. The third kappa shape index (κ3) is 5.58. The van der Waals surface area contributed by atoms with Gasteiger partial charge in [-0.2, -0.15) is 5.10 Å². The number of nitrogens with one attached hydrogen (secondary N) is 1. The minimum absolute atomic E-state index is 0.170. The molecule has 8 heteroatoms. The second kappa shape index (κ2) is 10.8. The van der Waals surface area contributed by atoms with Crippen molar-refractivity contribution in [3.63, 3.8) is 0 Å². The largest absolute Gasteiger partial charge is 0.299 e. The van der Waals surface area contributed by atoms with Crippen molar-refractivity contribution in [1.82, 2.24) is 20.2 Å². The van der Waals surface area contributed by atoms with Crippen LogP contribution in [0.5, 0.6) is 0 Å². The van der Waals surface area contributed by atoms with Gasteiger partial charge in [0.2, 0.25) is 0 Å². The van der Waals surface area contributed by atoms with E-state index in [0.29, 0.717) is 11.1 Å². The third-order valence-electron chi connectivity index (χ3n) is 5.58. The van der Waals surface area contributed by atoms with E-state index in [1.54, 1.807) is 0 Å². The van der Waals surface area contributed by atoms with Crippen molar-refractivity contribution in [3.05, 3.63) is 65.2 Å². The number of carbonyl (C=O) groups is 1. The average molecular weight is 468 g/mol. The topological polar surface area (TPSA) is 72.2 Å². The molecular formula is C24H26ClN5OS. The van der Waals surface area contributed by atoms with Crippen LogP contribution in [0.25, 0.3) is 11.4 Å². The van der Waals surface area contributed by atoms with E-state index in [1.807, 2.05) is 61.5 Å². The number of halogens is 1. The summed E-state index contributed by atoms with van der Waals surface area (Å²) in [4.78, 5) is 12.4. The van der Waals surface area contributed by atoms with Crippen LogP contribution in [0.2, 0.25) is 5.02 Å². The van der Waals surface area contributed by atoms with Crippen LogP contribution in [0.3, 0.4) is 0 Å². The van der Waals surface area contributed by atoms with E-state index in [4.69, 9.17) is 11.6 Å². The van der Waals surface area contributed by atoms with Crippen molar-refractivity contribution < 1.29 is 4.79 Å². The predicted octanol–water partition coefficient (Wildman–Crippen LogP) is 5.74. The molecule has 0 radical (unpaired) electrons. The molecule has 1 heterocycles. The number of rotatable bonds is 7. The minimum atomic E-state index is -0.170. The van der Waals surface area contributed by atoms with Crippen molar-refractivity contribution in [2.24, 2.45) is 5.10 Å². The lowest BCUT2D eigenvalue weighted by Crippen LogP contribution is -2.22. The first-order valence-corrected chi connectivity index (χ1v) is 12.2. The molecule has 0 spiro atoms. The highest BCUT2D eigenvalue weighted by Crippen LogP contribution is 2.35. The number of benzene rings is 2. The summed E-state index contributed by atoms with van der Waals surface area (Å²) in [7, 11) is 0. The van der Waals surface area contributed by atoms with Crippen LogP contribution in [0, 0.1) is 0 Å². The number of thioether (sulfide) groups is 1. The molecule has 1 aliphatic rings. The summed E-state index contributed by atoms with van der Waals surface area (Å²) in [5, 5.41) is 14.6. The summed E-state index contributed by atoms with van der Waals surface area (Å²) >= 11 is 7.46. The summed E-state index contributed by atoms with van der Waals surface area (Å²) in [5.41, 5.74) is 5.37. The van der Waals surface area contributed by atoms with Gasteiger partial charge in [0.1, 0.15) is 0 Å². The molecule has 1 amide bonds. The average Bonchev–Trinajstić information content (AvgIpc) is 3.26. The first kappa shape index (κ1) is 22.6. The van der Waals surface area contributed by atoms with Gasteiger partial charge in [0, 0.05) is 16.6 Å². The molecule has 0 bridgehead atoms. The van der Waals surface area contributed by atoms with Crippen molar-refractivity contribution in [2.75, 3.05) is 5.75 Å². The van der Waals surface area contributed by atoms with Gasteiger partial charge in [-0.05, 0) is 49.6 Å². The van der Waals surface area contributed by atoms with Gasteiger partial charge >= 0.3 is 0 Å². The zero-order chi connectivity index (χ0) is 22.3. The van der Waals surface area contributed by atoms with E-state index in [2.05, 4.69) is 25.3 Å². The summed E-state index contributed by atoms with van der Waals surface area (Å²) in [6.07, 6.45) is 5.85. The fourth-order valence-electron chi connectivity index (χ4n) is 3.89. The molecule has 166 valence electrons.